The smallest absolute Gasteiger partial charge is 0.224 e. The van der Waals surface area contributed by atoms with Gasteiger partial charge < -0.3 is 4.40 Å². The molecule has 6 rings (SSSR count). The van der Waals surface area contributed by atoms with Crippen molar-refractivity contribution in [3.05, 3.63) is 70.4 Å². The van der Waals surface area contributed by atoms with Crippen LogP contribution < -0.4 is 4.57 Å². The number of hydrogen-bond acceptors (Lipinski definition) is 0. The monoisotopic (exact) mass is 405 g/mol. The van der Waals surface area contributed by atoms with Gasteiger partial charge in [0.1, 0.15) is 7.05 Å². The minimum Gasteiger partial charge on any atom is -0.307 e. The third-order valence-electron chi connectivity index (χ3n) is 7.39. The minimum absolute atomic E-state index is 0.486. The van der Waals surface area contributed by atoms with Crippen molar-refractivity contribution < 1.29 is 4.57 Å². The summed E-state index contributed by atoms with van der Waals surface area (Å²) in [7, 11) is 2.19. The summed E-state index contributed by atoms with van der Waals surface area (Å²) in [5, 5.41) is 6.86. The Morgan fingerprint density at radius 2 is 1.55 bits per heavy atom. The van der Waals surface area contributed by atoms with E-state index >= 15 is 0 Å². The quantitative estimate of drug-likeness (QED) is 0.156. The molecule has 31 heavy (non-hydrogen) atoms. The first-order valence-corrected chi connectivity index (χ1v) is 11.3. The maximum absolute atomic E-state index is 2.56. The van der Waals surface area contributed by atoms with Crippen molar-refractivity contribution in [2.45, 2.75) is 47.5 Å². The summed E-state index contributed by atoms with van der Waals surface area (Å²) in [5.74, 6) is 0.486. The fourth-order valence-corrected chi connectivity index (χ4v) is 5.77. The molecule has 0 aliphatic carbocycles. The molecule has 6 aromatic rings. The fraction of sp³-hybridized carbons (Fsp3) is 0.276. The lowest BCUT2D eigenvalue weighted by molar-refractivity contribution is -0.643. The second-order valence-corrected chi connectivity index (χ2v) is 9.84. The highest BCUT2D eigenvalue weighted by Crippen LogP contribution is 2.43. The highest BCUT2D eigenvalue weighted by molar-refractivity contribution is 6.26. The van der Waals surface area contributed by atoms with Gasteiger partial charge in [0, 0.05) is 16.8 Å². The van der Waals surface area contributed by atoms with Crippen LogP contribution in [0.25, 0.3) is 49.0 Å². The number of benzene rings is 3. The van der Waals surface area contributed by atoms with Crippen LogP contribution in [0.3, 0.4) is 0 Å². The van der Waals surface area contributed by atoms with E-state index in [-0.39, 0.29) is 0 Å². The lowest BCUT2D eigenvalue weighted by Gasteiger charge is -2.16. The molecule has 0 fully saturated rings. The molecule has 2 heteroatoms. The molecule has 0 atom stereocenters. The molecule has 0 saturated heterocycles. The van der Waals surface area contributed by atoms with Gasteiger partial charge in [-0.25, -0.2) is 4.57 Å². The van der Waals surface area contributed by atoms with Crippen LogP contribution in [0.15, 0.2) is 42.6 Å². The maximum Gasteiger partial charge on any atom is 0.224 e. The number of hydrogen-bond donors (Lipinski definition) is 0. The molecule has 3 aromatic carbocycles. The van der Waals surface area contributed by atoms with E-state index < -0.39 is 0 Å². The van der Waals surface area contributed by atoms with Crippen molar-refractivity contribution in [3.8, 4) is 0 Å². The predicted octanol–water partition coefficient (Wildman–Crippen LogP) is 7.17. The maximum atomic E-state index is 2.56. The zero-order chi connectivity index (χ0) is 21.8. The van der Waals surface area contributed by atoms with Gasteiger partial charge in [0.2, 0.25) is 5.52 Å². The molecule has 0 aliphatic rings. The second kappa shape index (κ2) is 5.97. The van der Waals surface area contributed by atoms with E-state index in [9.17, 15) is 0 Å². The number of rotatable bonds is 1. The summed E-state index contributed by atoms with van der Waals surface area (Å²) in [6.07, 6.45) is 2.23. The first kappa shape index (κ1) is 18.6. The van der Waals surface area contributed by atoms with Crippen LogP contribution in [0.4, 0.5) is 0 Å². The van der Waals surface area contributed by atoms with E-state index in [0.29, 0.717) is 5.92 Å². The van der Waals surface area contributed by atoms with Crippen LogP contribution in [0.2, 0.25) is 0 Å². The van der Waals surface area contributed by atoms with E-state index in [1.165, 1.54) is 76.8 Å². The molecule has 2 nitrogen and oxygen atoms in total. The van der Waals surface area contributed by atoms with Crippen molar-refractivity contribution >= 4 is 49.0 Å². The number of nitrogens with zero attached hydrogens (tertiary/aromatic N) is 2. The zero-order valence-corrected chi connectivity index (χ0v) is 19.5. The number of aryl methyl sites for hydroxylation is 5. The molecule has 0 unspecified atom stereocenters. The number of pyridine rings is 2. The Bertz CT molecular complexity index is 1700. The average Bonchev–Trinajstić information content (AvgIpc) is 3.03. The van der Waals surface area contributed by atoms with Crippen LogP contribution in [-0.2, 0) is 7.05 Å². The second-order valence-electron chi connectivity index (χ2n) is 9.84. The van der Waals surface area contributed by atoms with Gasteiger partial charge in [-0.05, 0) is 85.0 Å². The van der Waals surface area contributed by atoms with E-state index in [1.54, 1.807) is 0 Å². The molecule has 3 heterocycles. The molecule has 0 amide bonds. The highest BCUT2D eigenvalue weighted by Gasteiger charge is 2.25. The normalized spacial score (nSPS) is 12.6. The van der Waals surface area contributed by atoms with Crippen LogP contribution in [0, 0.1) is 27.7 Å². The lowest BCUT2D eigenvalue weighted by Crippen LogP contribution is -2.29. The van der Waals surface area contributed by atoms with Crippen molar-refractivity contribution in [2.75, 3.05) is 0 Å². The minimum atomic E-state index is 0.486. The first-order valence-electron chi connectivity index (χ1n) is 11.3. The fourth-order valence-electron chi connectivity index (χ4n) is 5.77. The van der Waals surface area contributed by atoms with Crippen molar-refractivity contribution in [1.82, 2.24) is 4.40 Å². The van der Waals surface area contributed by atoms with Gasteiger partial charge in [-0.2, -0.15) is 0 Å². The largest absolute Gasteiger partial charge is 0.307 e. The van der Waals surface area contributed by atoms with E-state index in [4.69, 9.17) is 0 Å². The van der Waals surface area contributed by atoms with Gasteiger partial charge in [0.15, 0.2) is 6.20 Å². The van der Waals surface area contributed by atoms with Gasteiger partial charge in [0.25, 0.3) is 0 Å². The Kier molecular flexibility index (Phi) is 3.59. The van der Waals surface area contributed by atoms with Gasteiger partial charge in [-0.1, -0.05) is 26.0 Å². The number of fused-ring (bicyclic) bond motifs is 5. The van der Waals surface area contributed by atoms with Crippen molar-refractivity contribution in [1.29, 1.82) is 0 Å². The van der Waals surface area contributed by atoms with Crippen LogP contribution in [0.5, 0.6) is 0 Å². The molecule has 0 bridgehead atoms. The van der Waals surface area contributed by atoms with E-state index in [2.05, 4.69) is 100 Å². The molecule has 0 N–H and O–H groups in total. The first-order chi connectivity index (χ1) is 14.8. The van der Waals surface area contributed by atoms with E-state index in [1.807, 2.05) is 0 Å². The summed E-state index contributed by atoms with van der Waals surface area (Å²) >= 11 is 0. The topological polar surface area (TPSA) is 8.29 Å². The molecule has 0 aliphatic heterocycles. The summed E-state index contributed by atoms with van der Waals surface area (Å²) < 4.78 is 4.88. The predicted molar refractivity (Wildman–Crippen MR) is 133 cm³/mol. The van der Waals surface area contributed by atoms with Crippen LogP contribution in [0.1, 0.15) is 47.6 Å². The Hall–Kier alpha value is -3.13. The average molecular weight is 406 g/mol. The molecule has 3 aromatic heterocycles. The van der Waals surface area contributed by atoms with Gasteiger partial charge in [-0.15, -0.1) is 0 Å². The molecule has 0 radical (unpaired) electrons. The summed E-state index contributed by atoms with van der Waals surface area (Å²) in [5.41, 5.74) is 12.2. The SMILES string of the molecule is Cc1cc(C)c2c3cc(C)c(C)c4c3n(c2c1)c1cc(C(C)C)cc2cc[n+](C)c4c21. The molecule has 0 saturated carbocycles. The van der Waals surface area contributed by atoms with Crippen molar-refractivity contribution in [2.24, 2.45) is 7.05 Å². The van der Waals surface area contributed by atoms with Crippen LogP contribution >= 0.6 is 0 Å². The number of aromatic nitrogens is 2. The standard InChI is InChI=1S/C29H29N2/c1-15(2)21-13-20-8-9-30(7)29-26-19(6)17(4)12-22-25-18(5)10-16(3)11-23(25)31(28(22)26)24(14-21)27(20)29/h8-15H,1-7H3/q+1. The Morgan fingerprint density at radius 1 is 0.806 bits per heavy atom. The molecular formula is C29H29N2+. The van der Waals surface area contributed by atoms with Gasteiger partial charge >= 0.3 is 0 Å². The molecular weight excluding hydrogens is 376 g/mol. The van der Waals surface area contributed by atoms with Gasteiger partial charge in [0.05, 0.1) is 27.3 Å². The lowest BCUT2D eigenvalue weighted by atomic mass is 9.93. The van der Waals surface area contributed by atoms with Crippen molar-refractivity contribution in [3.63, 3.8) is 0 Å². The van der Waals surface area contributed by atoms with E-state index in [0.717, 1.165) is 0 Å². The zero-order valence-electron chi connectivity index (χ0n) is 19.5. The molecule has 154 valence electrons. The highest BCUT2D eigenvalue weighted by atomic mass is 15.0. The Balaban J connectivity index is 2.11. The van der Waals surface area contributed by atoms with Gasteiger partial charge in [-0.3, -0.25) is 0 Å². The Morgan fingerprint density at radius 3 is 2.29 bits per heavy atom. The third-order valence-corrected chi connectivity index (χ3v) is 7.39. The van der Waals surface area contributed by atoms with Crippen LogP contribution in [-0.4, -0.2) is 4.40 Å². The Labute approximate surface area is 183 Å². The summed E-state index contributed by atoms with van der Waals surface area (Å²) in [4.78, 5) is 0. The third kappa shape index (κ3) is 2.25. The molecule has 0 spiro atoms. The summed E-state index contributed by atoms with van der Waals surface area (Å²) in [6.45, 7) is 13.6. The summed E-state index contributed by atoms with van der Waals surface area (Å²) in [6, 6.07) is 14.2.